The summed E-state index contributed by atoms with van der Waals surface area (Å²) in [6.07, 6.45) is 2.77. The molecule has 1 N–H and O–H groups in total. The smallest absolute Gasteiger partial charge is 0.0834 e. The van der Waals surface area contributed by atoms with Crippen LogP contribution in [-0.4, -0.2) is 30.0 Å². The van der Waals surface area contributed by atoms with E-state index >= 15 is 0 Å². The van der Waals surface area contributed by atoms with Gasteiger partial charge < -0.3 is 10.1 Å². The molecule has 1 rings (SSSR count). The second kappa shape index (κ2) is 8.16. The minimum absolute atomic E-state index is 0.219. The van der Waals surface area contributed by atoms with Crippen molar-refractivity contribution in [3.8, 4) is 0 Å². The number of nitrogens with zero attached hydrogens (tertiary/aromatic N) is 2. The summed E-state index contributed by atoms with van der Waals surface area (Å²) in [5.74, 6) is 0.573. The van der Waals surface area contributed by atoms with Gasteiger partial charge >= 0.3 is 0 Å². The van der Waals surface area contributed by atoms with E-state index in [1.54, 1.807) is 13.3 Å². The molecule has 0 saturated carbocycles. The Kier molecular flexibility index (Phi) is 7.17. The summed E-state index contributed by atoms with van der Waals surface area (Å²) in [5.41, 5.74) is 1.35. The van der Waals surface area contributed by atoms with E-state index in [2.05, 4.69) is 45.0 Å². The zero-order valence-corrected chi connectivity index (χ0v) is 15.0. The number of rotatable bonds is 8. The van der Waals surface area contributed by atoms with Gasteiger partial charge in [0.2, 0.25) is 0 Å². The van der Waals surface area contributed by atoms with Gasteiger partial charge in [-0.1, -0.05) is 46.2 Å². The van der Waals surface area contributed by atoms with Crippen molar-refractivity contribution in [2.45, 2.75) is 53.6 Å². The summed E-state index contributed by atoms with van der Waals surface area (Å²) in [7, 11) is 1.70. The van der Waals surface area contributed by atoms with Gasteiger partial charge in [-0.25, -0.2) is 0 Å². The lowest BCUT2D eigenvalue weighted by atomic mass is 9.78. The average molecular weight is 316 g/mol. The quantitative estimate of drug-likeness (QED) is 0.790. The van der Waals surface area contributed by atoms with Crippen molar-refractivity contribution in [1.82, 2.24) is 15.1 Å². The molecule has 0 spiro atoms. The van der Waals surface area contributed by atoms with Crippen LogP contribution in [0.5, 0.6) is 0 Å². The van der Waals surface area contributed by atoms with Crippen molar-refractivity contribution in [1.29, 1.82) is 0 Å². The van der Waals surface area contributed by atoms with Gasteiger partial charge in [0.1, 0.15) is 0 Å². The molecule has 0 aliphatic carbocycles. The summed E-state index contributed by atoms with van der Waals surface area (Å²) >= 11 is 6.39. The Hall–Kier alpha value is -0.580. The topological polar surface area (TPSA) is 39.1 Å². The molecule has 0 radical (unpaired) electrons. The van der Waals surface area contributed by atoms with E-state index in [1.807, 2.05) is 4.68 Å². The fourth-order valence-corrected chi connectivity index (χ4v) is 2.59. The van der Waals surface area contributed by atoms with E-state index in [9.17, 15) is 0 Å². The Morgan fingerprint density at radius 2 is 2.10 bits per heavy atom. The number of hydrogen-bond donors (Lipinski definition) is 1. The van der Waals surface area contributed by atoms with E-state index in [4.69, 9.17) is 16.3 Å². The molecule has 0 aliphatic rings. The molecule has 0 bridgehead atoms. The SMILES string of the molecule is CCNC(CC(C)C(C)(C)C)c1c(Cl)cnn1CCOC. The first kappa shape index (κ1) is 18.5. The maximum atomic E-state index is 6.39. The monoisotopic (exact) mass is 315 g/mol. The Labute approximate surface area is 134 Å². The summed E-state index contributed by atoms with van der Waals surface area (Å²) in [6, 6.07) is 0.219. The maximum absolute atomic E-state index is 6.39. The molecule has 21 heavy (non-hydrogen) atoms. The zero-order chi connectivity index (χ0) is 16.0. The number of halogens is 1. The molecular weight excluding hydrogens is 286 g/mol. The maximum Gasteiger partial charge on any atom is 0.0834 e. The van der Waals surface area contributed by atoms with Crippen LogP contribution in [0.15, 0.2) is 6.20 Å². The number of nitrogens with one attached hydrogen (secondary N) is 1. The number of methoxy groups -OCH3 is 1. The summed E-state index contributed by atoms with van der Waals surface area (Å²) in [5, 5.41) is 8.68. The van der Waals surface area contributed by atoms with Gasteiger partial charge in [-0.05, 0) is 24.3 Å². The van der Waals surface area contributed by atoms with Gasteiger partial charge in [-0.15, -0.1) is 0 Å². The molecule has 4 nitrogen and oxygen atoms in total. The van der Waals surface area contributed by atoms with E-state index < -0.39 is 0 Å². The highest BCUT2D eigenvalue weighted by Crippen LogP contribution is 2.35. The van der Waals surface area contributed by atoms with Crippen molar-refractivity contribution in [3.05, 3.63) is 16.9 Å². The lowest BCUT2D eigenvalue weighted by molar-refractivity contribution is 0.179. The fourth-order valence-electron chi connectivity index (χ4n) is 2.32. The standard InChI is InChI=1S/C16H30ClN3O/c1-7-18-14(10-12(2)16(3,4)5)15-13(17)11-19-20(15)8-9-21-6/h11-12,14,18H,7-10H2,1-6H3. The predicted octanol–water partition coefficient (Wildman–Crippen LogP) is 3.91. The molecular formula is C16H30ClN3O. The molecule has 0 amide bonds. The third-order valence-corrected chi connectivity index (χ3v) is 4.48. The minimum atomic E-state index is 0.219. The molecule has 0 aromatic carbocycles. The van der Waals surface area contributed by atoms with Gasteiger partial charge in [-0.3, -0.25) is 4.68 Å². The Morgan fingerprint density at radius 1 is 1.43 bits per heavy atom. The molecule has 2 atom stereocenters. The third-order valence-electron chi connectivity index (χ3n) is 4.19. The molecule has 2 unspecified atom stereocenters. The van der Waals surface area contributed by atoms with Crippen LogP contribution in [0, 0.1) is 11.3 Å². The molecule has 0 fully saturated rings. The Morgan fingerprint density at radius 3 is 2.62 bits per heavy atom. The van der Waals surface area contributed by atoms with Crippen molar-refractivity contribution in [3.63, 3.8) is 0 Å². The van der Waals surface area contributed by atoms with Crippen LogP contribution in [0.25, 0.3) is 0 Å². The molecule has 1 aromatic heterocycles. The van der Waals surface area contributed by atoms with Crippen LogP contribution in [0.1, 0.15) is 52.8 Å². The highest BCUT2D eigenvalue weighted by Gasteiger charge is 2.27. The van der Waals surface area contributed by atoms with E-state index in [-0.39, 0.29) is 11.5 Å². The Balaban J connectivity index is 2.97. The van der Waals surface area contributed by atoms with Crippen molar-refractivity contribution < 1.29 is 4.74 Å². The zero-order valence-electron chi connectivity index (χ0n) is 14.2. The van der Waals surface area contributed by atoms with Crippen LogP contribution in [-0.2, 0) is 11.3 Å². The van der Waals surface area contributed by atoms with Gasteiger partial charge in [0.25, 0.3) is 0 Å². The summed E-state index contributed by atoms with van der Waals surface area (Å²) < 4.78 is 7.13. The van der Waals surface area contributed by atoms with Crippen LogP contribution in [0.4, 0.5) is 0 Å². The van der Waals surface area contributed by atoms with Gasteiger partial charge in [0.05, 0.1) is 36.1 Å². The van der Waals surface area contributed by atoms with Crippen LogP contribution >= 0.6 is 11.6 Å². The molecule has 1 heterocycles. The van der Waals surface area contributed by atoms with Gasteiger partial charge in [0.15, 0.2) is 0 Å². The first-order valence-corrected chi connectivity index (χ1v) is 8.12. The van der Waals surface area contributed by atoms with E-state index in [0.717, 1.165) is 30.2 Å². The second-order valence-corrected chi connectivity index (χ2v) is 7.11. The number of ether oxygens (including phenoxy) is 1. The molecule has 1 aromatic rings. The number of aromatic nitrogens is 2. The largest absolute Gasteiger partial charge is 0.383 e. The lowest BCUT2D eigenvalue weighted by Gasteiger charge is -2.31. The average Bonchev–Trinajstić information content (AvgIpc) is 2.75. The molecule has 0 saturated heterocycles. The van der Waals surface area contributed by atoms with Gasteiger partial charge in [0, 0.05) is 7.11 Å². The first-order valence-electron chi connectivity index (χ1n) is 7.74. The molecule has 122 valence electrons. The van der Waals surface area contributed by atoms with Crippen LogP contribution in [0.2, 0.25) is 5.02 Å². The van der Waals surface area contributed by atoms with E-state index in [0.29, 0.717) is 12.5 Å². The molecule has 5 heteroatoms. The summed E-state index contributed by atoms with van der Waals surface area (Å²) in [4.78, 5) is 0. The first-order chi connectivity index (χ1) is 9.81. The molecule has 0 aliphatic heterocycles. The lowest BCUT2D eigenvalue weighted by Crippen LogP contribution is -2.29. The highest BCUT2D eigenvalue weighted by atomic mass is 35.5. The summed E-state index contributed by atoms with van der Waals surface area (Å²) in [6.45, 7) is 13.5. The minimum Gasteiger partial charge on any atom is -0.383 e. The highest BCUT2D eigenvalue weighted by molar-refractivity contribution is 6.31. The fraction of sp³-hybridized carbons (Fsp3) is 0.812. The third kappa shape index (κ3) is 5.28. The van der Waals surface area contributed by atoms with Crippen LogP contribution < -0.4 is 5.32 Å². The predicted molar refractivity (Wildman–Crippen MR) is 88.8 cm³/mol. The normalized spacial score (nSPS) is 15.2. The van der Waals surface area contributed by atoms with Gasteiger partial charge in [-0.2, -0.15) is 5.10 Å². The Bertz CT molecular complexity index is 426. The van der Waals surface area contributed by atoms with Crippen molar-refractivity contribution in [2.75, 3.05) is 20.3 Å². The van der Waals surface area contributed by atoms with Crippen molar-refractivity contribution in [2.24, 2.45) is 11.3 Å². The van der Waals surface area contributed by atoms with Crippen LogP contribution in [0.3, 0.4) is 0 Å². The van der Waals surface area contributed by atoms with Crippen molar-refractivity contribution >= 4 is 11.6 Å². The number of hydrogen-bond acceptors (Lipinski definition) is 3. The van der Waals surface area contributed by atoms with E-state index in [1.165, 1.54) is 0 Å². The second-order valence-electron chi connectivity index (χ2n) is 6.71.